The first-order valence-corrected chi connectivity index (χ1v) is 10.6. The summed E-state index contributed by atoms with van der Waals surface area (Å²) in [7, 11) is 0. The maximum absolute atomic E-state index is 13.2. The first-order chi connectivity index (χ1) is 15.0. The van der Waals surface area contributed by atoms with Crippen LogP contribution in [-0.4, -0.2) is 21.8 Å². The summed E-state index contributed by atoms with van der Waals surface area (Å²) in [6, 6.07) is 23.2. The molecule has 0 saturated carbocycles. The van der Waals surface area contributed by atoms with Gasteiger partial charge in [-0.15, -0.1) is 0 Å². The van der Waals surface area contributed by atoms with Gasteiger partial charge in [0.05, 0.1) is 21.8 Å². The predicted octanol–water partition coefficient (Wildman–Crippen LogP) is 5.23. The molecule has 1 aromatic heterocycles. The van der Waals surface area contributed by atoms with E-state index < -0.39 is 17.7 Å². The number of ketones is 1. The third kappa shape index (κ3) is 3.21. The van der Waals surface area contributed by atoms with E-state index in [2.05, 4.69) is 4.98 Å². The Morgan fingerprint density at radius 1 is 0.968 bits per heavy atom. The number of carbonyl (C=O) groups is 2. The lowest BCUT2D eigenvalue weighted by atomic mass is 9.95. The van der Waals surface area contributed by atoms with E-state index in [1.807, 2.05) is 61.5 Å². The van der Waals surface area contributed by atoms with E-state index in [0.717, 1.165) is 21.3 Å². The van der Waals surface area contributed by atoms with Gasteiger partial charge in [-0.1, -0.05) is 78.1 Å². The normalized spacial score (nSPS) is 18.1. The molecular weight excluding hydrogens is 408 g/mol. The summed E-state index contributed by atoms with van der Waals surface area (Å²) >= 11 is 1.36. The molecule has 152 valence electrons. The van der Waals surface area contributed by atoms with Crippen LogP contribution >= 0.6 is 11.3 Å². The second kappa shape index (κ2) is 7.49. The molecule has 1 amide bonds. The standard InChI is InChI=1S/C25H18N2O3S/c1-15-12-13-18-19(14-15)31-25(26-18)27-21(16-8-4-2-5-9-16)20(23(29)24(27)30)22(28)17-10-6-3-7-11-17/h2-14,21,28H,1H3/t21-/m1/s1. The van der Waals surface area contributed by atoms with Gasteiger partial charge in [0.2, 0.25) is 0 Å². The first kappa shape index (κ1) is 19.2. The van der Waals surface area contributed by atoms with Gasteiger partial charge in [-0.05, 0) is 30.2 Å². The summed E-state index contributed by atoms with van der Waals surface area (Å²) in [6.45, 7) is 1.99. The Morgan fingerprint density at radius 2 is 1.65 bits per heavy atom. The summed E-state index contributed by atoms with van der Waals surface area (Å²) in [4.78, 5) is 32.3. The predicted molar refractivity (Wildman–Crippen MR) is 122 cm³/mol. The van der Waals surface area contributed by atoms with Crippen molar-refractivity contribution in [3.8, 4) is 0 Å². The average Bonchev–Trinajstić information content (AvgIpc) is 3.32. The summed E-state index contributed by atoms with van der Waals surface area (Å²) < 4.78 is 0.937. The number of anilines is 1. The lowest BCUT2D eigenvalue weighted by molar-refractivity contribution is -0.132. The van der Waals surface area contributed by atoms with Crippen LogP contribution in [0.5, 0.6) is 0 Å². The number of aliphatic hydroxyl groups is 1. The van der Waals surface area contributed by atoms with E-state index in [9.17, 15) is 14.7 Å². The lowest BCUT2D eigenvalue weighted by Crippen LogP contribution is -2.29. The van der Waals surface area contributed by atoms with E-state index in [0.29, 0.717) is 10.7 Å². The Kier molecular flexibility index (Phi) is 4.64. The summed E-state index contributed by atoms with van der Waals surface area (Å²) in [5.41, 5.74) is 3.14. The van der Waals surface area contributed by atoms with Crippen molar-refractivity contribution < 1.29 is 14.7 Å². The molecule has 0 aliphatic carbocycles. The zero-order valence-electron chi connectivity index (χ0n) is 16.6. The van der Waals surface area contributed by atoms with Crippen LogP contribution in [0.4, 0.5) is 5.13 Å². The number of Topliss-reactive ketones (excluding diaryl/α,β-unsaturated/α-hetero) is 1. The Morgan fingerprint density at radius 3 is 2.35 bits per heavy atom. The molecule has 2 heterocycles. The van der Waals surface area contributed by atoms with Gasteiger partial charge < -0.3 is 5.11 Å². The number of thiazole rings is 1. The Labute approximate surface area is 182 Å². The lowest BCUT2D eigenvalue weighted by Gasteiger charge is -2.22. The highest BCUT2D eigenvalue weighted by atomic mass is 32.1. The third-order valence-corrected chi connectivity index (χ3v) is 6.36. The molecule has 0 bridgehead atoms. The van der Waals surface area contributed by atoms with Gasteiger partial charge in [0.1, 0.15) is 5.76 Å². The van der Waals surface area contributed by atoms with E-state index in [1.165, 1.54) is 16.2 Å². The van der Waals surface area contributed by atoms with Crippen molar-refractivity contribution in [2.45, 2.75) is 13.0 Å². The largest absolute Gasteiger partial charge is 0.507 e. The second-order valence-electron chi connectivity index (χ2n) is 7.41. The number of amides is 1. The van der Waals surface area contributed by atoms with Crippen LogP contribution in [-0.2, 0) is 9.59 Å². The topological polar surface area (TPSA) is 70.5 Å². The number of hydrogen-bond acceptors (Lipinski definition) is 5. The Hall–Kier alpha value is -3.77. The van der Waals surface area contributed by atoms with E-state index in [4.69, 9.17) is 0 Å². The number of aromatic nitrogens is 1. The Balaban J connectivity index is 1.73. The van der Waals surface area contributed by atoms with Gasteiger partial charge in [0.25, 0.3) is 5.78 Å². The number of fused-ring (bicyclic) bond motifs is 1. The fraction of sp³-hybridized carbons (Fsp3) is 0.0800. The van der Waals surface area contributed by atoms with Crippen LogP contribution in [0.15, 0.2) is 84.4 Å². The van der Waals surface area contributed by atoms with Crippen molar-refractivity contribution in [3.05, 3.63) is 101 Å². The molecule has 1 saturated heterocycles. The molecule has 5 nitrogen and oxygen atoms in total. The van der Waals surface area contributed by atoms with Crippen molar-refractivity contribution >= 4 is 44.1 Å². The molecule has 0 radical (unpaired) electrons. The maximum atomic E-state index is 13.2. The number of nitrogens with zero attached hydrogens (tertiary/aromatic N) is 2. The van der Waals surface area contributed by atoms with Crippen LogP contribution in [0.2, 0.25) is 0 Å². The molecule has 6 heteroatoms. The van der Waals surface area contributed by atoms with E-state index in [1.54, 1.807) is 24.3 Å². The van der Waals surface area contributed by atoms with Crippen molar-refractivity contribution in [2.75, 3.05) is 4.90 Å². The summed E-state index contributed by atoms with van der Waals surface area (Å²) in [5, 5.41) is 11.5. The minimum Gasteiger partial charge on any atom is -0.507 e. The quantitative estimate of drug-likeness (QED) is 0.277. The highest BCUT2D eigenvalue weighted by Crippen LogP contribution is 2.44. The molecule has 4 aromatic rings. The SMILES string of the molecule is Cc1ccc2nc(N3C(=O)C(=O)C(=C(O)c4ccccc4)[C@H]3c3ccccc3)sc2c1. The molecule has 0 spiro atoms. The molecule has 1 fully saturated rings. The minimum atomic E-state index is -0.761. The fourth-order valence-corrected chi connectivity index (χ4v) is 4.95. The van der Waals surface area contributed by atoms with Crippen LogP contribution in [0.1, 0.15) is 22.7 Å². The molecule has 5 rings (SSSR count). The molecule has 1 aliphatic rings. The van der Waals surface area contributed by atoms with Crippen LogP contribution in [0.25, 0.3) is 16.0 Å². The highest BCUT2D eigenvalue weighted by Gasteiger charge is 2.48. The molecular formula is C25H18N2O3S. The van der Waals surface area contributed by atoms with Crippen LogP contribution < -0.4 is 4.90 Å². The van der Waals surface area contributed by atoms with Gasteiger partial charge in [-0.2, -0.15) is 0 Å². The number of carbonyl (C=O) groups excluding carboxylic acids is 2. The molecule has 1 atom stereocenters. The second-order valence-corrected chi connectivity index (χ2v) is 8.42. The number of rotatable bonds is 3. The third-order valence-electron chi connectivity index (χ3n) is 5.35. The molecule has 0 unspecified atom stereocenters. The van der Waals surface area contributed by atoms with Crippen LogP contribution in [0, 0.1) is 6.92 Å². The van der Waals surface area contributed by atoms with Gasteiger partial charge in [-0.3, -0.25) is 14.5 Å². The van der Waals surface area contributed by atoms with Gasteiger partial charge in [-0.25, -0.2) is 4.98 Å². The van der Waals surface area contributed by atoms with Gasteiger partial charge in [0, 0.05) is 5.56 Å². The number of benzene rings is 3. The maximum Gasteiger partial charge on any atom is 0.301 e. The van der Waals surface area contributed by atoms with Crippen molar-refractivity contribution in [3.63, 3.8) is 0 Å². The number of hydrogen-bond donors (Lipinski definition) is 1. The first-order valence-electron chi connectivity index (χ1n) is 9.83. The van der Waals surface area contributed by atoms with Gasteiger partial charge >= 0.3 is 5.91 Å². The van der Waals surface area contributed by atoms with Crippen LogP contribution in [0.3, 0.4) is 0 Å². The molecule has 31 heavy (non-hydrogen) atoms. The summed E-state index contributed by atoms with van der Waals surface area (Å²) in [6.07, 6.45) is 0. The van der Waals surface area contributed by atoms with Crippen molar-refractivity contribution in [2.24, 2.45) is 0 Å². The highest BCUT2D eigenvalue weighted by molar-refractivity contribution is 7.22. The zero-order chi connectivity index (χ0) is 21.5. The molecule has 1 N–H and O–H groups in total. The Bertz CT molecular complexity index is 1340. The fourth-order valence-electron chi connectivity index (χ4n) is 3.85. The number of aryl methyl sites for hydroxylation is 1. The smallest absolute Gasteiger partial charge is 0.301 e. The van der Waals surface area contributed by atoms with Gasteiger partial charge in [0.15, 0.2) is 5.13 Å². The van der Waals surface area contributed by atoms with E-state index in [-0.39, 0.29) is 11.3 Å². The average molecular weight is 426 g/mol. The summed E-state index contributed by atoms with van der Waals surface area (Å²) in [5.74, 6) is -1.60. The van der Waals surface area contributed by atoms with Crippen molar-refractivity contribution in [1.82, 2.24) is 4.98 Å². The van der Waals surface area contributed by atoms with E-state index >= 15 is 0 Å². The van der Waals surface area contributed by atoms with Crippen molar-refractivity contribution in [1.29, 1.82) is 0 Å². The zero-order valence-corrected chi connectivity index (χ0v) is 17.5. The minimum absolute atomic E-state index is 0.0674. The molecule has 3 aromatic carbocycles. The monoisotopic (exact) mass is 426 g/mol. The number of aliphatic hydroxyl groups excluding tert-OH is 1. The molecule has 1 aliphatic heterocycles.